The quantitative estimate of drug-likeness (QED) is 0.745. The lowest BCUT2D eigenvalue weighted by atomic mass is 10.1. The Morgan fingerprint density at radius 1 is 1.43 bits per heavy atom. The van der Waals surface area contributed by atoms with Gasteiger partial charge in [-0.1, -0.05) is 37.3 Å². The van der Waals surface area contributed by atoms with Crippen LogP contribution < -0.4 is 0 Å². The molecule has 0 amide bonds. The average molecular weight is 203 g/mol. The van der Waals surface area contributed by atoms with E-state index in [0.29, 0.717) is 6.42 Å². The first kappa shape index (κ1) is 10.9. The van der Waals surface area contributed by atoms with E-state index < -0.39 is 0 Å². The Labute approximate surface area is 89.4 Å². The van der Waals surface area contributed by atoms with Crippen LogP contribution in [-0.4, -0.2) is 5.75 Å². The van der Waals surface area contributed by atoms with Crippen LogP contribution >= 0.6 is 11.8 Å². The smallest absolute Gasteiger partial charge is 0.0670 e. The second kappa shape index (κ2) is 6.28. The zero-order valence-electron chi connectivity index (χ0n) is 8.23. The van der Waals surface area contributed by atoms with Crippen molar-refractivity contribution in [2.24, 2.45) is 0 Å². The summed E-state index contributed by atoms with van der Waals surface area (Å²) >= 11 is 1.74. The van der Waals surface area contributed by atoms with Crippen LogP contribution in [0.25, 0.3) is 5.57 Å². The van der Waals surface area contributed by atoms with Gasteiger partial charge in [-0.05, 0) is 22.3 Å². The van der Waals surface area contributed by atoms with Crippen LogP contribution in [0.5, 0.6) is 0 Å². The maximum atomic E-state index is 8.70. The number of thioether (sulfide) groups is 1. The average Bonchev–Trinajstić information content (AvgIpc) is 2.25. The Balaban J connectivity index is 2.84. The van der Waals surface area contributed by atoms with Gasteiger partial charge in [0.15, 0.2) is 0 Å². The van der Waals surface area contributed by atoms with Gasteiger partial charge < -0.3 is 0 Å². The number of nitrogens with zero attached hydrogens (tertiary/aromatic N) is 1. The van der Waals surface area contributed by atoms with Gasteiger partial charge in [-0.2, -0.15) is 5.26 Å². The van der Waals surface area contributed by atoms with E-state index in [1.807, 2.05) is 30.3 Å². The molecule has 0 aliphatic heterocycles. The van der Waals surface area contributed by atoms with Crippen LogP contribution in [-0.2, 0) is 0 Å². The molecule has 0 radical (unpaired) electrons. The van der Waals surface area contributed by atoms with Crippen molar-refractivity contribution in [3.63, 3.8) is 0 Å². The van der Waals surface area contributed by atoms with E-state index in [2.05, 4.69) is 18.4 Å². The molecule has 0 fully saturated rings. The number of nitriles is 1. The maximum absolute atomic E-state index is 8.70. The molecule has 72 valence electrons. The number of hydrogen-bond donors (Lipinski definition) is 0. The van der Waals surface area contributed by atoms with Crippen LogP contribution in [0.1, 0.15) is 18.9 Å². The molecule has 14 heavy (non-hydrogen) atoms. The highest BCUT2D eigenvalue weighted by atomic mass is 32.2. The van der Waals surface area contributed by atoms with Gasteiger partial charge >= 0.3 is 0 Å². The van der Waals surface area contributed by atoms with Crippen molar-refractivity contribution >= 4 is 17.3 Å². The molecule has 1 aromatic carbocycles. The number of allylic oxidation sites excluding steroid dienone is 1. The van der Waals surface area contributed by atoms with E-state index in [-0.39, 0.29) is 0 Å². The molecular formula is C12H13NS. The molecule has 1 aromatic rings. The minimum Gasteiger partial charge on any atom is -0.198 e. The fourth-order valence-corrected chi connectivity index (χ4v) is 1.72. The van der Waals surface area contributed by atoms with Crippen LogP contribution in [0.2, 0.25) is 0 Å². The van der Waals surface area contributed by atoms with Gasteiger partial charge in [0.2, 0.25) is 0 Å². The van der Waals surface area contributed by atoms with Crippen molar-refractivity contribution in [3.8, 4) is 6.07 Å². The SMILES string of the molecule is CCSC=C(CC#N)c1ccccc1. The first-order valence-electron chi connectivity index (χ1n) is 4.61. The predicted molar refractivity (Wildman–Crippen MR) is 62.8 cm³/mol. The third kappa shape index (κ3) is 3.27. The van der Waals surface area contributed by atoms with Crippen molar-refractivity contribution in [1.29, 1.82) is 5.26 Å². The second-order valence-electron chi connectivity index (χ2n) is 2.80. The molecule has 0 unspecified atom stereocenters. The number of rotatable bonds is 4. The molecule has 0 saturated carbocycles. The van der Waals surface area contributed by atoms with Gasteiger partial charge in [0.05, 0.1) is 12.5 Å². The van der Waals surface area contributed by atoms with Crippen LogP contribution in [0, 0.1) is 11.3 Å². The van der Waals surface area contributed by atoms with Crippen LogP contribution in [0.15, 0.2) is 35.7 Å². The third-order valence-electron chi connectivity index (χ3n) is 1.81. The molecule has 0 atom stereocenters. The fourth-order valence-electron chi connectivity index (χ4n) is 1.13. The van der Waals surface area contributed by atoms with Gasteiger partial charge in [-0.15, -0.1) is 11.8 Å². The van der Waals surface area contributed by atoms with E-state index in [1.54, 1.807) is 11.8 Å². The normalized spacial score (nSPS) is 11.0. The zero-order valence-corrected chi connectivity index (χ0v) is 9.05. The highest BCUT2D eigenvalue weighted by molar-refractivity contribution is 8.02. The van der Waals surface area contributed by atoms with Crippen molar-refractivity contribution in [2.45, 2.75) is 13.3 Å². The molecule has 0 saturated heterocycles. The summed E-state index contributed by atoms with van der Waals surface area (Å²) in [6.45, 7) is 2.11. The Hall–Kier alpha value is -1.20. The molecule has 0 spiro atoms. The van der Waals surface area contributed by atoms with E-state index in [4.69, 9.17) is 5.26 Å². The summed E-state index contributed by atoms with van der Waals surface area (Å²) in [7, 11) is 0. The van der Waals surface area contributed by atoms with Gasteiger partial charge in [0.25, 0.3) is 0 Å². The predicted octanol–water partition coefficient (Wildman–Crippen LogP) is 3.69. The molecule has 2 heteroatoms. The molecule has 0 heterocycles. The Morgan fingerprint density at radius 2 is 2.14 bits per heavy atom. The van der Waals surface area contributed by atoms with E-state index >= 15 is 0 Å². The Bertz CT molecular complexity index is 335. The topological polar surface area (TPSA) is 23.8 Å². The molecule has 1 rings (SSSR count). The molecule has 0 bridgehead atoms. The summed E-state index contributed by atoms with van der Waals surface area (Å²) in [6, 6.07) is 12.3. The molecule has 0 aliphatic rings. The van der Waals surface area contributed by atoms with Gasteiger partial charge in [0.1, 0.15) is 0 Å². The van der Waals surface area contributed by atoms with Crippen molar-refractivity contribution in [1.82, 2.24) is 0 Å². The monoisotopic (exact) mass is 203 g/mol. The second-order valence-corrected chi connectivity index (χ2v) is 3.95. The molecule has 0 aliphatic carbocycles. The minimum atomic E-state index is 0.483. The largest absolute Gasteiger partial charge is 0.198 e. The summed E-state index contributed by atoms with van der Waals surface area (Å²) in [6.07, 6.45) is 0.483. The first-order valence-corrected chi connectivity index (χ1v) is 5.66. The molecule has 1 nitrogen and oxygen atoms in total. The van der Waals surface area contributed by atoms with Gasteiger partial charge in [-0.25, -0.2) is 0 Å². The highest BCUT2D eigenvalue weighted by Crippen LogP contribution is 2.21. The van der Waals surface area contributed by atoms with Crippen molar-refractivity contribution in [2.75, 3.05) is 5.75 Å². The summed E-state index contributed by atoms with van der Waals surface area (Å²) < 4.78 is 0. The minimum absolute atomic E-state index is 0.483. The number of hydrogen-bond acceptors (Lipinski definition) is 2. The zero-order chi connectivity index (χ0) is 10.2. The van der Waals surface area contributed by atoms with Gasteiger partial charge in [0, 0.05) is 0 Å². The molecule has 0 aromatic heterocycles. The van der Waals surface area contributed by atoms with Gasteiger partial charge in [-0.3, -0.25) is 0 Å². The van der Waals surface area contributed by atoms with Crippen LogP contribution in [0.4, 0.5) is 0 Å². The maximum Gasteiger partial charge on any atom is 0.0670 e. The van der Waals surface area contributed by atoms with Crippen LogP contribution in [0.3, 0.4) is 0 Å². The van der Waals surface area contributed by atoms with Crippen molar-refractivity contribution < 1.29 is 0 Å². The first-order chi connectivity index (χ1) is 6.88. The van der Waals surface area contributed by atoms with E-state index in [1.165, 1.54) is 0 Å². The Kier molecular flexibility index (Phi) is 4.88. The standard InChI is InChI=1S/C12H13NS/c1-2-14-10-12(8-9-13)11-6-4-3-5-7-11/h3-7,10H,2,8H2,1H3. The highest BCUT2D eigenvalue weighted by Gasteiger charge is 1.99. The lowest BCUT2D eigenvalue weighted by Crippen LogP contribution is -1.81. The summed E-state index contributed by atoms with van der Waals surface area (Å²) in [5, 5.41) is 10.8. The summed E-state index contributed by atoms with van der Waals surface area (Å²) in [4.78, 5) is 0. The van der Waals surface area contributed by atoms with Crippen molar-refractivity contribution in [3.05, 3.63) is 41.3 Å². The third-order valence-corrected chi connectivity index (χ3v) is 2.59. The fraction of sp³-hybridized carbons (Fsp3) is 0.250. The summed E-state index contributed by atoms with van der Waals surface area (Å²) in [5.41, 5.74) is 2.26. The summed E-state index contributed by atoms with van der Waals surface area (Å²) in [5.74, 6) is 1.04. The van der Waals surface area contributed by atoms with E-state index in [9.17, 15) is 0 Å². The number of benzene rings is 1. The molecular weight excluding hydrogens is 190 g/mol. The lowest BCUT2D eigenvalue weighted by Gasteiger charge is -2.02. The Morgan fingerprint density at radius 3 is 2.71 bits per heavy atom. The molecule has 0 N–H and O–H groups in total. The lowest BCUT2D eigenvalue weighted by molar-refractivity contribution is 1.36. The van der Waals surface area contributed by atoms with E-state index in [0.717, 1.165) is 16.9 Å².